The molecule has 0 spiro atoms. The minimum atomic E-state index is -0.426. The molecular weight excluding hydrogens is 382 g/mol. The maximum absolute atomic E-state index is 13.0. The molecule has 0 unspecified atom stereocenters. The van der Waals surface area contributed by atoms with E-state index < -0.39 is 4.92 Å². The predicted molar refractivity (Wildman–Crippen MR) is 112 cm³/mol. The molecule has 2 aromatic carbocycles. The predicted octanol–water partition coefficient (Wildman–Crippen LogP) is 4.00. The van der Waals surface area contributed by atoms with Crippen molar-refractivity contribution in [3.63, 3.8) is 0 Å². The number of fused-ring (bicyclic) bond motifs is 1. The molecule has 0 atom stereocenters. The summed E-state index contributed by atoms with van der Waals surface area (Å²) >= 11 is 0. The Morgan fingerprint density at radius 2 is 1.73 bits per heavy atom. The molecule has 7 heteroatoms. The molecule has 0 radical (unpaired) electrons. The highest BCUT2D eigenvalue weighted by atomic mass is 16.6. The van der Waals surface area contributed by atoms with Crippen LogP contribution in [0.25, 0.3) is 16.9 Å². The van der Waals surface area contributed by atoms with Gasteiger partial charge in [0.15, 0.2) is 12.2 Å². The van der Waals surface area contributed by atoms with Crippen molar-refractivity contribution in [1.82, 2.24) is 4.57 Å². The van der Waals surface area contributed by atoms with Crippen molar-refractivity contribution in [2.45, 2.75) is 13.5 Å². The number of hydrogen-bond donors (Lipinski definition) is 0. The van der Waals surface area contributed by atoms with Crippen molar-refractivity contribution in [1.29, 1.82) is 0 Å². The molecule has 4 aromatic rings. The second kappa shape index (κ2) is 7.79. The molecule has 0 aliphatic heterocycles. The van der Waals surface area contributed by atoms with E-state index in [0.29, 0.717) is 11.3 Å². The molecule has 0 bridgehead atoms. The van der Waals surface area contributed by atoms with E-state index >= 15 is 0 Å². The van der Waals surface area contributed by atoms with Gasteiger partial charge in [-0.3, -0.25) is 14.9 Å². The number of aromatic nitrogens is 2. The normalized spacial score (nSPS) is 10.9. The van der Waals surface area contributed by atoms with Crippen LogP contribution in [0.1, 0.15) is 15.9 Å². The molecule has 7 nitrogen and oxygen atoms in total. The van der Waals surface area contributed by atoms with Crippen molar-refractivity contribution in [3.8, 4) is 17.0 Å². The quantitative estimate of drug-likeness (QED) is 0.211. The number of hydrogen-bond acceptors (Lipinski definition) is 4. The van der Waals surface area contributed by atoms with Gasteiger partial charge >= 0.3 is 0 Å². The van der Waals surface area contributed by atoms with Gasteiger partial charge in [0.1, 0.15) is 11.9 Å². The number of aryl methyl sites for hydroxylation is 1. The maximum atomic E-state index is 13.0. The van der Waals surface area contributed by atoms with Crippen LogP contribution in [-0.4, -0.2) is 22.4 Å². The number of benzene rings is 2. The first-order chi connectivity index (χ1) is 14.5. The number of non-ortho nitro benzene ring substituents is 1. The van der Waals surface area contributed by atoms with E-state index in [1.165, 1.54) is 12.1 Å². The fraction of sp³-hybridized carbons (Fsp3) is 0.130. The van der Waals surface area contributed by atoms with E-state index in [1.807, 2.05) is 40.4 Å². The first-order valence-corrected chi connectivity index (χ1v) is 9.39. The molecule has 2 aromatic heterocycles. The molecule has 0 amide bonds. The van der Waals surface area contributed by atoms with Crippen LogP contribution in [0.15, 0.2) is 73.1 Å². The number of pyridine rings is 1. The SMILES string of the molecule is COc1ccc(C(=O)Cn2c(-c3ccc([N+](=O)[O-])cc3)c[n+]3cc(C)ccc23)cc1. The van der Waals surface area contributed by atoms with E-state index in [-0.39, 0.29) is 18.0 Å². The van der Waals surface area contributed by atoms with Gasteiger partial charge in [-0.1, -0.05) is 0 Å². The Labute approximate surface area is 172 Å². The van der Waals surface area contributed by atoms with Crippen LogP contribution in [0.5, 0.6) is 5.75 Å². The molecule has 30 heavy (non-hydrogen) atoms. The smallest absolute Gasteiger partial charge is 0.287 e. The van der Waals surface area contributed by atoms with Gasteiger partial charge in [-0.05, 0) is 55.0 Å². The van der Waals surface area contributed by atoms with Crippen molar-refractivity contribution in [3.05, 3.63) is 94.3 Å². The number of Topliss-reactive ketones (excluding diaryl/α,β-unsaturated/α-hetero) is 1. The zero-order chi connectivity index (χ0) is 21.3. The lowest BCUT2D eigenvalue weighted by molar-refractivity contribution is -0.510. The average molecular weight is 402 g/mol. The highest BCUT2D eigenvalue weighted by Crippen LogP contribution is 2.24. The lowest BCUT2D eigenvalue weighted by Crippen LogP contribution is -2.20. The van der Waals surface area contributed by atoms with E-state index in [2.05, 4.69) is 0 Å². The standard InChI is InChI=1S/C23H20N3O4/c1-16-3-12-23-24(13-16)14-21(17-4-8-19(9-5-17)26(28)29)25(23)15-22(27)18-6-10-20(30-2)11-7-18/h3-14H,15H2,1-2H3/q+1. The topological polar surface area (TPSA) is 78.5 Å². The second-order valence-electron chi connectivity index (χ2n) is 7.03. The molecular formula is C23H20N3O4+. The van der Waals surface area contributed by atoms with Gasteiger partial charge in [-0.15, -0.1) is 0 Å². The van der Waals surface area contributed by atoms with Crippen LogP contribution in [0, 0.1) is 17.0 Å². The number of methoxy groups -OCH3 is 1. The molecule has 0 saturated heterocycles. The zero-order valence-corrected chi connectivity index (χ0v) is 16.6. The summed E-state index contributed by atoms with van der Waals surface area (Å²) in [6, 6.07) is 17.3. The van der Waals surface area contributed by atoms with Crippen molar-refractivity contribution in [2.75, 3.05) is 7.11 Å². The Bertz CT molecular complexity index is 1240. The second-order valence-corrected chi connectivity index (χ2v) is 7.03. The minimum Gasteiger partial charge on any atom is -0.497 e. The summed E-state index contributed by atoms with van der Waals surface area (Å²) in [5.41, 5.74) is 4.16. The lowest BCUT2D eigenvalue weighted by atomic mass is 10.1. The molecule has 0 saturated carbocycles. The number of imidazole rings is 1. The number of rotatable bonds is 6. The number of ketones is 1. The van der Waals surface area contributed by atoms with E-state index in [4.69, 9.17) is 4.74 Å². The van der Waals surface area contributed by atoms with Gasteiger partial charge in [0.2, 0.25) is 5.78 Å². The number of nitrogens with zero attached hydrogens (tertiary/aromatic N) is 3. The molecule has 0 N–H and O–H groups in total. The minimum absolute atomic E-state index is 0.0271. The third kappa shape index (κ3) is 3.65. The summed E-state index contributed by atoms with van der Waals surface area (Å²) in [6.07, 6.45) is 3.92. The van der Waals surface area contributed by atoms with Gasteiger partial charge in [-0.25, -0.2) is 8.97 Å². The number of nitro benzene ring substituents is 1. The van der Waals surface area contributed by atoms with E-state index in [9.17, 15) is 14.9 Å². The molecule has 0 aliphatic rings. The zero-order valence-electron chi connectivity index (χ0n) is 16.6. The molecule has 150 valence electrons. The third-order valence-electron chi connectivity index (χ3n) is 5.02. The first kappa shape index (κ1) is 19.3. The third-order valence-corrected chi connectivity index (χ3v) is 5.02. The Kier molecular flexibility index (Phi) is 5.02. The van der Waals surface area contributed by atoms with Gasteiger partial charge in [0.05, 0.1) is 18.2 Å². The molecule has 2 heterocycles. The van der Waals surface area contributed by atoms with Crippen LogP contribution >= 0.6 is 0 Å². The highest BCUT2D eigenvalue weighted by molar-refractivity contribution is 5.96. The molecule has 0 fully saturated rings. The van der Waals surface area contributed by atoms with Gasteiger partial charge < -0.3 is 4.74 Å². The lowest BCUT2D eigenvalue weighted by Gasteiger charge is -2.05. The summed E-state index contributed by atoms with van der Waals surface area (Å²) in [4.78, 5) is 23.5. The van der Waals surface area contributed by atoms with Crippen LogP contribution in [0.4, 0.5) is 5.69 Å². The summed E-state index contributed by atoms with van der Waals surface area (Å²) in [5, 5.41) is 11.0. The summed E-state index contributed by atoms with van der Waals surface area (Å²) < 4.78 is 9.05. The first-order valence-electron chi connectivity index (χ1n) is 9.39. The van der Waals surface area contributed by atoms with Gasteiger partial charge in [0, 0.05) is 29.3 Å². The Hall–Kier alpha value is -4.00. The number of nitro groups is 1. The summed E-state index contributed by atoms with van der Waals surface area (Å²) in [6.45, 7) is 2.13. The highest BCUT2D eigenvalue weighted by Gasteiger charge is 2.23. The average Bonchev–Trinajstić information content (AvgIpc) is 3.11. The van der Waals surface area contributed by atoms with Crippen molar-refractivity contribution >= 4 is 17.1 Å². The Balaban J connectivity index is 1.77. The molecule has 4 rings (SSSR count). The largest absolute Gasteiger partial charge is 0.497 e. The van der Waals surface area contributed by atoms with Gasteiger partial charge in [-0.2, -0.15) is 0 Å². The van der Waals surface area contributed by atoms with Crippen LogP contribution < -0.4 is 9.14 Å². The molecule has 0 aliphatic carbocycles. The van der Waals surface area contributed by atoms with Crippen molar-refractivity contribution < 1.29 is 18.9 Å². The van der Waals surface area contributed by atoms with Crippen LogP contribution in [0.2, 0.25) is 0 Å². The van der Waals surface area contributed by atoms with E-state index in [1.54, 1.807) is 43.5 Å². The van der Waals surface area contributed by atoms with Crippen LogP contribution in [0.3, 0.4) is 0 Å². The number of carbonyl (C=O) groups excluding carboxylic acids is 1. The van der Waals surface area contributed by atoms with E-state index in [0.717, 1.165) is 22.5 Å². The van der Waals surface area contributed by atoms with Crippen LogP contribution in [-0.2, 0) is 6.54 Å². The Morgan fingerprint density at radius 3 is 2.37 bits per heavy atom. The fourth-order valence-electron chi connectivity index (χ4n) is 3.44. The van der Waals surface area contributed by atoms with Gasteiger partial charge in [0.25, 0.3) is 11.3 Å². The Morgan fingerprint density at radius 1 is 1.03 bits per heavy atom. The summed E-state index contributed by atoms with van der Waals surface area (Å²) in [5.74, 6) is 0.648. The maximum Gasteiger partial charge on any atom is 0.287 e. The monoisotopic (exact) mass is 402 g/mol. The number of carbonyl (C=O) groups is 1. The summed E-state index contributed by atoms with van der Waals surface area (Å²) in [7, 11) is 1.58. The van der Waals surface area contributed by atoms with Crippen molar-refractivity contribution in [2.24, 2.45) is 0 Å². The number of ether oxygens (including phenoxy) is 1. The fourth-order valence-corrected chi connectivity index (χ4v) is 3.44.